The Morgan fingerprint density at radius 1 is 1.19 bits per heavy atom. The number of rotatable bonds is 3. The lowest BCUT2D eigenvalue weighted by atomic mass is 10.1. The largest absolute Gasteiger partial charge is 0.491 e. The lowest BCUT2D eigenvalue weighted by Crippen LogP contribution is -2.58. The molecule has 1 fully saturated rings. The molecule has 0 saturated carbocycles. The Bertz CT molecular complexity index is 1750. The van der Waals surface area contributed by atoms with E-state index in [0.29, 0.717) is 60.7 Å². The van der Waals surface area contributed by atoms with Crippen molar-refractivity contribution in [2.45, 2.75) is 58.5 Å². The fourth-order valence-electron chi connectivity index (χ4n) is 5.90. The van der Waals surface area contributed by atoms with E-state index in [1.165, 1.54) is 21.4 Å². The Morgan fingerprint density at radius 3 is 2.67 bits per heavy atom. The smallest absolute Gasteiger partial charge is 0.356 e. The van der Waals surface area contributed by atoms with Gasteiger partial charge in [-0.1, -0.05) is 25.6 Å². The van der Waals surface area contributed by atoms with Crippen molar-refractivity contribution >= 4 is 22.8 Å². The summed E-state index contributed by atoms with van der Waals surface area (Å²) < 4.78 is 24.7. The van der Waals surface area contributed by atoms with Crippen LogP contribution in [0.25, 0.3) is 22.5 Å². The summed E-state index contributed by atoms with van der Waals surface area (Å²) in [6.45, 7) is 12.5. The van der Waals surface area contributed by atoms with E-state index in [1.54, 1.807) is 23.4 Å². The topological polar surface area (TPSA) is 124 Å². The maximum Gasteiger partial charge on any atom is 0.356 e. The van der Waals surface area contributed by atoms with Crippen LogP contribution in [0.5, 0.6) is 5.75 Å². The van der Waals surface area contributed by atoms with Gasteiger partial charge in [0.1, 0.15) is 17.3 Å². The van der Waals surface area contributed by atoms with E-state index in [9.17, 15) is 9.59 Å². The van der Waals surface area contributed by atoms with Gasteiger partial charge in [-0.05, 0) is 44.7 Å². The van der Waals surface area contributed by atoms with Gasteiger partial charge >= 0.3 is 5.69 Å². The number of aromatic nitrogens is 7. The van der Waals surface area contributed by atoms with Gasteiger partial charge in [0.05, 0.1) is 29.6 Å². The van der Waals surface area contributed by atoms with Crippen LogP contribution in [-0.2, 0) is 11.2 Å². The van der Waals surface area contributed by atoms with Crippen molar-refractivity contribution in [2.75, 3.05) is 24.6 Å². The first-order chi connectivity index (χ1) is 20.2. The third-order valence-electron chi connectivity index (χ3n) is 7.71. The molecule has 0 spiro atoms. The van der Waals surface area contributed by atoms with Gasteiger partial charge in [-0.2, -0.15) is 9.67 Å². The Morgan fingerprint density at radius 2 is 1.95 bits per heavy atom. The van der Waals surface area contributed by atoms with Crippen molar-refractivity contribution in [3.63, 3.8) is 0 Å². The van der Waals surface area contributed by atoms with Gasteiger partial charge in [0.25, 0.3) is 0 Å². The molecule has 218 valence electrons. The van der Waals surface area contributed by atoms with Gasteiger partial charge in [-0.15, -0.1) is 5.10 Å². The highest BCUT2D eigenvalue weighted by molar-refractivity contribution is 5.90. The second kappa shape index (κ2) is 10.6. The van der Waals surface area contributed by atoms with Crippen molar-refractivity contribution in [1.82, 2.24) is 39.4 Å². The SMILES string of the molecule is C=CC(=O)N1C(C)CN(c2nc(=O)n3c4nc(c(F)cc24)-n2cc(nn2)CCCOc2ccnc(C(C)C)c2-3)CC1C. The van der Waals surface area contributed by atoms with Crippen LogP contribution in [0.2, 0.25) is 0 Å². The lowest BCUT2D eigenvalue weighted by Gasteiger charge is -2.44. The summed E-state index contributed by atoms with van der Waals surface area (Å²) in [5.41, 5.74) is 1.28. The molecule has 12 nitrogen and oxygen atoms in total. The highest BCUT2D eigenvalue weighted by Gasteiger charge is 2.34. The van der Waals surface area contributed by atoms with Crippen LogP contribution in [0.15, 0.2) is 42.0 Å². The number of aryl methyl sites for hydroxylation is 1. The summed E-state index contributed by atoms with van der Waals surface area (Å²) >= 11 is 0. The second-order valence-corrected chi connectivity index (χ2v) is 11.1. The molecule has 2 aliphatic rings. The molecule has 0 N–H and O–H groups in total. The number of carbonyl (C=O) groups is 1. The molecular formula is C29H32FN9O3. The minimum absolute atomic E-state index is 0.0737. The number of hydrogen-bond acceptors (Lipinski definition) is 9. The third kappa shape index (κ3) is 4.58. The molecule has 0 aromatic carbocycles. The number of amides is 1. The van der Waals surface area contributed by atoms with Crippen LogP contribution in [0, 0.1) is 5.82 Å². The molecule has 2 unspecified atom stereocenters. The number of piperazine rings is 1. The zero-order chi connectivity index (χ0) is 29.7. The highest BCUT2D eigenvalue weighted by atomic mass is 19.1. The van der Waals surface area contributed by atoms with Crippen LogP contribution < -0.4 is 15.3 Å². The fraction of sp³-hybridized carbons (Fsp3) is 0.414. The molecule has 2 atom stereocenters. The van der Waals surface area contributed by atoms with E-state index >= 15 is 4.39 Å². The number of pyridine rings is 2. The summed E-state index contributed by atoms with van der Waals surface area (Å²) in [5.74, 6) is -0.236. The molecule has 2 aliphatic heterocycles. The Kier molecular flexibility index (Phi) is 6.95. The first-order valence-electron chi connectivity index (χ1n) is 14.0. The van der Waals surface area contributed by atoms with E-state index in [4.69, 9.17) is 9.72 Å². The first kappa shape index (κ1) is 27.5. The van der Waals surface area contributed by atoms with Crippen molar-refractivity contribution < 1.29 is 13.9 Å². The maximum atomic E-state index is 15.9. The number of carbonyl (C=O) groups excluding carboxylic acids is 1. The quantitative estimate of drug-likeness (QED) is 0.340. The molecule has 4 aromatic heterocycles. The molecular weight excluding hydrogens is 541 g/mol. The molecule has 0 aliphatic carbocycles. The number of halogens is 1. The zero-order valence-corrected chi connectivity index (χ0v) is 24.0. The van der Waals surface area contributed by atoms with Gasteiger partial charge in [-0.3, -0.25) is 9.78 Å². The molecule has 1 saturated heterocycles. The minimum atomic E-state index is -0.643. The Labute approximate surface area is 241 Å². The fourth-order valence-corrected chi connectivity index (χ4v) is 5.90. The van der Waals surface area contributed by atoms with Gasteiger partial charge in [0.15, 0.2) is 17.3 Å². The average molecular weight is 574 g/mol. The van der Waals surface area contributed by atoms with E-state index in [-0.39, 0.29) is 41.2 Å². The van der Waals surface area contributed by atoms with Gasteiger partial charge < -0.3 is 14.5 Å². The predicted molar refractivity (Wildman–Crippen MR) is 154 cm³/mol. The Hall–Kier alpha value is -4.68. The first-order valence-corrected chi connectivity index (χ1v) is 14.0. The third-order valence-corrected chi connectivity index (χ3v) is 7.71. The highest BCUT2D eigenvalue weighted by Crippen LogP contribution is 2.34. The molecule has 42 heavy (non-hydrogen) atoms. The summed E-state index contributed by atoms with van der Waals surface area (Å²) in [5, 5.41) is 8.62. The van der Waals surface area contributed by atoms with Crippen molar-refractivity contribution in [1.29, 1.82) is 0 Å². The molecule has 0 radical (unpaired) electrons. The van der Waals surface area contributed by atoms with E-state index in [2.05, 4.69) is 26.9 Å². The van der Waals surface area contributed by atoms with Crippen LogP contribution in [-0.4, -0.2) is 77.1 Å². The second-order valence-electron chi connectivity index (χ2n) is 11.1. The van der Waals surface area contributed by atoms with Crippen LogP contribution in [0.4, 0.5) is 10.2 Å². The lowest BCUT2D eigenvalue weighted by molar-refractivity contribution is -0.130. The minimum Gasteiger partial charge on any atom is -0.491 e. The van der Waals surface area contributed by atoms with E-state index in [1.807, 2.05) is 32.6 Å². The predicted octanol–water partition coefficient (Wildman–Crippen LogP) is 2.96. The van der Waals surface area contributed by atoms with Crippen LogP contribution in [0.1, 0.15) is 51.4 Å². The van der Waals surface area contributed by atoms with Crippen LogP contribution >= 0.6 is 0 Å². The van der Waals surface area contributed by atoms with Crippen molar-refractivity contribution in [3.05, 3.63) is 64.9 Å². The number of fused-ring (bicyclic) bond motifs is 6. The summed E-state index contributed by atoms with van der Waals surface area (Å²) in [6, 6.07) is 2.62. The standard InChI is InChI=1S/C29H32FN9O3/c1-6-23(40)38-17(4)13-36(14-18(38)5)26-20-12-21(30)28-32-27(20)39(29(41)33-26)25-22(9-10-31-24(25)16(2)3)42-11-7-8-19-15-37(28)35-34-19/h6,9-10,12,15-18H,1,7-8,11,13-14H2,2-5H3. The molecule has 13 heteroatoms. The summed E-state index contributed by atoms with van der Waals surface area (Å²) in [6.07, 6.45) is 5.77. The number of hydrogen-bond donors (Lipinski definition) is 0. The van der Waals surface area contributed by atoms with Gasteiger partial charge in [0.2, 0.25) is 5.91 Å². The van der Waals surface area contributed by atoms with Crippen LogP contribution in [0.3, 0.4) is 0 Å². The molecule has 6 heterocycles. The van der Waals surface area contributed by atoms with Gasteiger partial charge in [-0.25, -0.2) is 18.7 Å². The summed E-state index contributed by atoms with van der Waals surface area (Å²) in [4.78, 5) is 44.0. The van der Waals surface area contributed by atoms with Crippen molar-refractivity contribution in [2.24, 2.45) is 0 Å². The number of ether oxygens (including phenoxy) is 1. The maximum absolute atomic E-state index is 15.9. The molecule has 4 aromatic rings. The Balaban J connectivity index is 1.64. The molecule has 6 rings (SSSR count). The zero-order valence-electron chi connectivity index (χ0n) is 24.0. The number of anilines is 1. The monoisotopic (exact) mass is 573 g/mol. The van der Waals surface area contributed by atoms with Gasteiger partial charge in [0, 0.05) is 37.4 Å². The number of nitrogens with zero attached hydrogens (tertiary/aromatic N) is 9. The molecule has 4 bridgehead atoms. The average Bonchev–Trinajstić information content (AvgIpc) is 3.42. The van der Waals surface area contributed by atoms with E-state index in [0.717, 1.165) is 0 Å². The normalized spacial score (nSPS) is 18.7. The molecule has 1 amide bonds. The van der Waals surface area contributed by atoms with E-state index < -0.39 is 11.5 Å². The summed E-state index contributed by atoms with van der Waals surface area (Å²) in [7, 11) is 0. The van der Waals surface area contributed by atoms with Crippen molar-refractivity contribution in [3.8, 4) is 17.3 Å².